The van der Waals surface area contributed by atoms with Crippen LogP contribution in [0.25, 0.3) is 21.9 Å². The van der Waals surface area contributed by atoms with E-state index >= 15 is 0 Å². The van der Waals surface area contributed by atoms with E-state index in [4.69, 9.17) is 5.73 Å². The molecule has 0 atom stereocenters. The van der Waals surface area contributed by atoms with Crippen LogP contribution in [0.5, 0.6) is 0 Å². The largest absolute Gasteiger partial charge is 0.397 e. The third-order valence-electron chi connectivity index (χ3n) is 4.20. The lowest BCUT2D eigenvalue weighted by atomic mass is 10.1. The standard InChI is InChI=1S/C20H17N5O/c1-25-12-16(11-23-25)14-6-7-17(21)18(8-14)24-20(26)19-9-13-4-2-3-5-15(13)10-22-19/h2-12H,21H2,1H3,(H,24,26). The van der Waals surface area contributed by atoms with Crippen LogP contribution >= 0.6 is 0 Å². The number of benzene rings is 2. The first-order valence-corrected chi connectivity index (χ1v) is 8.15. The van der Waals surface area contributed by atoms with Gasteiger partial charge in [0, 0.05) is 30.4 Å². The van der Waals surface area contributed by atoms with Crippen molar-refractivity contribution in [2.24, 2.45) is 7.05 Å². The van der Waals surface area contributed by atoms with Crippen LogP contribution in [0.3, 0.4) is 0 Å². The molecule has 0 radical (unpaired) electrons. The van der Waals surface area contributed by atoms with Crippen LogP contribution < -0.4 is 11.1 Å². The minimum Gasteiger partial charge on any atom is -0.397 e. The molecule has 4 aromatic rings. The number of fused-ring (bicyclic) bond motifs is 1. The lowest BCUT2D eigenvalue weighted by molar-refractivity contribution is 0.102. The van der Waals surface area contributed by atoms with Crippen molar-refractivity contribution in [3.63, 3.8) is 0 Å². The number of pyridine rings is 1. The number of nitrogens with two attached hydrogens (primary N) is 1. The van der Waals surface area contributed by atoms with E-state index < -0.39 is 0 Å². The molecule has 4 rings (SSSR count). The number of aryl methyl sites for hydroxylation is 1. The number of hydrogen-bond donors (Lipinski definition) is 2. The van der Waals surface area contributed by atoms with Crippen molar-refractivity contribution < 1.29 is 4.79 Å². The molecule has 1 amide bonds. The summed E-state index contributed by atoms with van der Waals surface area (Å²) in [5, 5.41) is 8.98. The fraction of sp³-hybridized carbons (Fsp3) is 0.0500. The summed E-state index contributed by atoms with van der Waals surface area (Å²) < 4.78 is 1.73. The lowest BCUT2D eigenvalue weighted by Gasteiger charge is -2.10. The van der Waals surface area contributed by atoms with Gasteiger partial charge in [0.15, 0.2) is 0 Å². The molecule has 0 aliphatic carbocycles. The summed E-state index contributed by atoms with van der Waals surface area (Å²) in [4.78, 5) is 16.9. The summed E-state index contributed by atoms with van der Waals surface area (Å²) >= 11 is 0. The van der Waals surface area contributed by atoms with Gasteiger partial charge in [-0.05, 0) is 29.1 Å². The number of anilines is 2. The molecule has 26 heavy (non-hydrogen) atoms. The molecule has 6 heteroatoms. The van der Waals surface area contributed by atoms with E-state index in [9.17, 15) is 4.79 Å². The van der Waals surface area contributed by atoms with E-state index in [0.717, 1.165) is 21.9 Å². The molecular formula is C20H17N5O. The highest BCUT2D eigenvalue weighted by molar-refractivity contribution is 6.06. The van der Waals surface area contributed by atoms with Gasteiger partial charge in [-0.25, -0.2) is 0 Å². The van der Waals surface area contributed by atoms with Crippen LogP contribution in [0.15, 0.2) is 67.1 Å². The number of nitrogens with zero attached hydrogens (tertiary/aromatic N) is 3. The summed E-state index contributed by atoms with van der Waals surface area (Å²) in [5.74, 6) is -0.300. The smallest absolute Gasteiger partial charge is 0.274 e. The van der Waals surface area contributed by atoms with Gasteiger partial charge in [0.05, 0.1) is 17.6 Å². The Morgan fingerprint density at radius 1 is 1.04 bits per heavy atom. The van der Waals surface area contributed by atoms with Gasteiger partial charge < -0.3 is 11.1 Å². The van der Waals surface area contributed by atoms with Crippen molar-refractivity contribution in [3.05, 3.63) is 72.8 Å². The molecule has 0 saturated heterocycles. The van der Waals surface area contributed by atoms with Crippen molar-refractivity contribution in [1.29, 1.82) is 0 Å². The molecule has 0 spiro atoms. The topological polar surface area (TPSA) is 85.8 Å². The number of hydrogen-bond acceptors (Lipinski definition) is 4. The SMILES string of the molecule is Cn1cc(-c2ccc(N)c(NC(=O)c3cc4ccccc4cn3)c2)cn1. The van der Waals surface area contributed by atoms with Gasteiger partial charge in [-0.15, -0.1) is 0 Å². The van der Waals surface area contributed by atoms with E-state index in [1.54, 1.807) is 29.2 Å². The average Bonchev–Trinajstić information content (AvgIpc) is 3.09. The Morgan fingerprint density at radius 2 is 1.85 bits per heavy atom. The third kappa shape index (κ3) is 3.00. The second-order valence-corrected chi connectivity index (χ2v) is 6.08. The number of rotatable bonds is 3. The first-order valence-electron chi connectivity index (χ1n) is 8.15. The summed E-state index contributed by atoms with van der Waals surface area (Å²) in [5.41, 5.74) is 9.29. The first-order chi connectivity index (χ1) is 12.6. The number of carbonyl (C=O) groups is 1. The maximum absolute atomic E-state index is 12.6. The van der Waals surface area contributed by atoms with E-state index in [1.165, 1.54) is 0 Å². The highest BCUT2D eigenvalue weighted by atomic mass is 16.1. The molecule has 0 saturated carbocycles. The number of aromatic nitrogens is 3. The molecule has 0 bridgehead atoms. The fourth-order valence-corrected chi connectivity index (χ4v) is 2.81. The Labute approximate surface area is 150 Å². The average molecular weight is 343 g/mol. The first kappa shape index (κ1) is 15.8. The van der Waals surface area contributed by atoms with E-state index in [0.29, 0.717) is 17.1 Å². The zero-order valence-corrected chi connectivity index (χ0v) is 14.2. The van der Waals surface area contributed by atoms with Gasteiger partial charge in [0.1, 0.15) is 5.69 Å². The van der Waals surface area contributed by atoms with Gasteiger partial charge in [0.25, 0.3) is 5.91 Å². The van der Waals surface area contributed by atoms with Gasteiger partial charge in [-0.2, -0.15) is 5.10 Å². The maximum Gasteiger partial charge on any atom is 0.274 e. The van der Waals surface area contributed by atoms with E-state index in [-0.39, 0.29) is 5.91 Å². The molecule has 3 N–H and O–H groups in total. The summed E-state index contributed by atoms with van der Waals surface area (Å²) in [7, 11) is 1.86. The number of carbonyl (C=O) groups excluding carboxylic acids is 1. The van der Waals surface area contributed by atoms with Crippen LogP contribution in [0.4, 0.5) is 11.4 Å². The zero-order valence-electron chi connectivity index (χ0n) is 14.2. The third-order valence-corrected chi connectivity index (χ3v) is 4.20. The van der Waals surface area contributed by atoms with Crippen LogP contribution in [-0.4, -0.2) is 20.7 Å². The predicted molar refractivity (Wildman–Crippen MR) is 103 cm³/mol. The van der Waals surface area contributed by atoms with E-state index in [1.807, 2.05) is 49.6 Å². The second-order valence-electron chi connectivity index (χ2n) is 6.08. The lowest BCUT2D eigenvalue weighted by Crippen LogP contribution is -2.14. The molecule has 0 fully saturated rings. The Bertz CT molecular complexity index is 1120. The van der Waals surface area contributed by atoms with Crippen LogP contribution in [-0.2, 0) is 7.05 Å². The minimum atomic E-state index is -0.300. The number of nitrogen functional groups attached to an aromatic ring is 1. The molecule has 0 aliphatic heterocycles. The molecule has 0 aliphatic rings. The highest BCUT2D eigenvalue weighted by Crippen LogP contribution is 2.27. The summed E-state index contributed by atoms with van der Waals surface area (Å²) in [6, 6.07) is 15.1. The molecule has 2 aromatic heterocycles. The van der Waals surface area contributed by atoms with E-state index in [2.05, 4.69) is 15.4 Å². The molecule has 2 aromatic carbocycles. The summed E-state index contributed by atoms with van der Waals surface area (Å²) in [6.45, 7) is 0. The Hall–Kier alpha value is -3.67. The minimum absolute atomic E-state index is 0.300. The van der Waals surface area contributed by atoms with Gasteiger partial charge in [-0.1, -0.05) is 30.3 Å². The molecule has 128 valence electrons. The van der Waals surface area contributed by atoms with Crippen molar-refractivity contribution in [1.82, 2.24) is 14.8 Å². The van der Waals surface area contributed by atoms with Crippen molar-refractivity contribution in [2.45, 2.75) is 0 Å². The Morgan fingerprint density at radius 3 is 2.62 bits per heavy atom. The molecular weight excluding hydrogens is 326 g/mol. The zero-order chi connectivity index (χ0) is 18.1. The van der Waals surface area contributed by atoms with Crippen LogP contribution in [0.1, 0.15) is 10.5 Å². The monoisotopic (exact) mass is 343 g/mol. The fourth-order valence-electron chi connectivity index (χ4n) is 2.81. The highest BCUT2D eigenvalue weighted by Gasteiger charge is 2.12. The normalized spacial score (nSPS) is 10.8. The maximum atomic E-state index is 12.6. The Kier molecular flexibility index (Phi) is 3.85. The molecule has 0 unspecified atom stereocenters. The molecule has 2 heterocycles. The van der Waals surface area contributed by atoms with Crippen molar-refractivity contribution >= 4 is 28.1 Å². The summed E-state index contributed by atoms with van der Waals surface area (Å²) in [6.07, 6.45) is 5.36. The van der Waals surface area contributed by atoms with Crippen molar-refractivity contribution in [3.8, 4) is 11.1 Å². The predicted octanol–water partition coefficient (Wildman–Crippen LogP) is 3.47. The van der Waals surface area contributed by atoms with Crippen molar-refractivity contribution in [2.75, 3.05) is 11.1 Å². The van der Waals surface area contributed by atoms with Crippen LogP contribution in [0.2, 0.25) is 0 Å². The van der Waals surface area contributed by atoms with Gasteiger partial charge >= 0.3 is 0 Å². The Balaban J connectivity index is 1.64. The van der Waals surface area contributed by atoms with Crippen LogP contribution in [0, 0.1) is 0 Å². The number of amides is 1. The van der Waals surface area contributed by atoms with Gasteiger partial charge in [-0.3, -0.25) is 14.5 Å². The number of nitrogens with one attached hydrogen (secondary N) is 1. The second kappa shape index (κ2) is 6.33. The molecule has 6 nitrogen and oxygen atoms in total. The van der Waals surface area contributed by atoms with Gasteiger partial charge in [0.2, 0.25) is 0 Å². The quantitative estimate of drug-likeness (QED) is 0.558.